The molecule has 0 saturated carbocycles. The minimum Gasteiger partial charge on any atom is -0.260 e. The molecule has 2 unspecified atom stereocenters. The SMILES string of the molecule is c1ccc(-c2nc(-c3ccccc3)nc(-c3ccc4c(c3)C3c5ccccc5C4c4cc(-c5nc(-c6ccccc6)nc(-n6c(-c7ccccc7)nc7ccccc76)n5)ccc43)n2)cc1. The number of aromatic nitrogens is 8. The molecule has 0 aliphatic heterocycles. The fraction of sp³-hybridized carbons (Fsp3) is 0.0351. The first-order chi connectivity index (χ1) is 32.2. The third-order valence-electron chi connectivity index (χ3n) is 12.7. The molecule has 3 aromatic heterocycles. The van der Waals surface area contributed by atoms with E-state index >= 15 is 0 Å². The summed E-state index contributed by atoms with van der Waals surface area (Å²) >= 11 is 0. The number of benzene rings is 8. The second kappa shape index (κ2) is 15.0. The second-order valence-corrected chi connectivity index (χ2v) is 16.5. The van der Waals surface area contributed by atoms with Crippen molar-refractivity contribution in [1.29, 1.82) is 0 Å². The van der Waals surface area contributed by atoms with E-state index < -0.39 is 0 Å². The van der Waals surface area contributed by atoms with Crippen molar-refractivity contribution in [2.75, 3.05) is 0 Å². The van der Waals surface area contributed by atoms with Crippen LogP contribution in [0.4, 0.5) is 0 Å². The molecule has 3 aliphatic rings. The van der Waals surface area contributed by atoms with Crippen LogP contribution in [0.1, 0.15) is 45.2 Å². The van der Waals surface area contributed by atoms with E-state index in [1.807, 2.05) is 127 Å². The van der Waals surface area contributed by atoms with E-state index in [0.717, 1.165) is 50.2 Å². The van der Waals surface area contributed by atoms with Crippen LogP contribution < -0.4 is 0 Å². The van der Waals surface area contributed by atoms with Gasteiger partial charge >= 0.3 is 0 Å². The number of fused-ring (bicyclic) bond motifs is 1. The van der Waals surface area contributed by atoms with Crippen LogP contribution >= 0.6 is 0 Å². The van der Waals surface area contributed by atoms with Crippen LogP contribution in [0.25, 0.3) is 85.3 Å². The topological polar surface area (TPSA) is 95.2 Å². The van der Waals surface area contributed by atoms with Gasteiger partial charge in [-0.3, -0.25) is 4.57 Å². The van der Waals surface area contributed by atoms with Crippen molar-refractivity contribution in [2.24, 2.45) is 0 Å². The van der Waals surface area contributed by atoms with Crippen LogP contribution in [0.5, 0.6) is 0 Å². The third-order valence-corrected chi connectivity index (χ3v) is 12.7. The minimum atomic E-state index is 0.00509. The molecule has 0 radical (unpaired) electrons. The van der Waals surface area contributed by atoms with Gasteiger partial charge in [0.15, 0.2) is 29.1 Å². The van der Waals surface area contributed by atoms with Crippen molar-refractivity contribution in [2.45, 2.75) is 11.8 Å². The van der Waals surface area contributed by atoms with Gasteiger partial charge in [0.1, 0.15) is 5.82 Å². The Bertz CT molecular complexity index is 3550. The lowest BCUT2D eigenvalue weighted by atomic mass is 9.61. The lowest BCUT2D eigenvalue weighted by Crippen LogP contribution is -2.27. The summed E-state index contributed by atoms with van der Waals surface area (Å²) in [5, 5.41) is 0. The van der Waals surface area contributed by atoms with E-state index in [1.54, 1.807) is 0 Å². The zero-order valence-electron chi connectivity index (χ0n) is 34.9. The smallest absolute Gasteiger partial charge is 0.240 e. The first-order valence-corrected chi connectivity index (χ1v) is 21.8. The van der Waals surface area contributed by atoms with Crippen molar-refractivity contribution in [3.05, 3.63) is 240 Å². The molecule has 14 rings (SSSR count). The van der Waals surface area contributed by atoms with Gasteiger partial charge in [0.05, 0.1) is 11.0 Å². The summed E-state index contributed by atoms with van der Waals surface area (Å²) in [5.74, 6) is 4.41. The molecule has 304 valence electrons. The Morgan fingerprint density at radius 2 is 0.646 bits per heavy atom. The van der Waals surface area contributed by atoms with Crippen molar-refractivity contribution in [3.63, 3.8) is 0 Å². The Kier molecular flexibility index (Phi) is 8.48. The molecule has 0 saturated heterocycles. The van der Waals surface area contributed by atoms with Gasteiger partial charge in [-0.2, -0.15) is 9.97 Å². The molecule has 0 fully saturated rings. The molecule has 65 heavy (non-hydrogen) atoms. The molecule has 0 amide bonds. The van der Waals surface area contributed by atoms with Gasteiger partial charge in [-0.25, -0.2) is 24.9 Å². The number of hydrogen-bond donors (Lipinski definition) is 0. The van der Waals surface area contributed by atoms with E-state index in [-0.39, 0.29) is 11.8 Å². The average molecular weight is 833 g/mol. The molecule has 8 aromatic carbocycles. The van der Waals surface area contributed by atoms with Gasteiger partial charge in [-0.15, -0.1) is 0 Å². The zero-order valence-corrected chi connectivity index (χ0v) is 34.9. The van der Waals surface area contributed by atoms with Gasteiger partial charge in [0.25, 0.3) is 0 Å². The largest absolute Gasteiger partial charge is 0.260 e. The highest BCUT2D eigenvalue weighted by atomic mass is 15.2. The van der Waals surface area contributed by atoms with Crippen LogP contribution in [0.2, 0.25) is 0 Å². The number of para-hydroxylation sites is 2. The van der Waals surface area contributed by atoms with E-state index in [2.05, 4.69) is 83.4 Å². The zero-order chi connectivity index (χ0) is 42.8. The number of imidazole rings is 1. The predicted octanol–water partition coefficient (Wildman–Crippen LogP) is 12.4. The quantitative estimate of drug-likeness (QED) is 0.158. The third kappa shape index (κ3) is 6.18. The lowest BCUT2D eigenvalue weighted by molar-refractivity contribution is 0.754. The van der Waals surface area contributed by atoms with E-state index in [0.29, 0.717) is 35.1 Å². The van der Waals surface area contributed by atoms with Crippen LogP contribution in [-0.4, -0.2) is 39.5 Å². The molecule has 3 aliphatic carbocycles. The Hall–Kier alpha value is -8.75. The summed E-state index contributed by atoms with van der Waals surface area (Å²) in [4.78, 5) is 35.9. The Morgan fingerprint density at radius 3 is 1.14 bits per heavy atom. The molecule has 2 atom stereocenters. The molecule has 11 aromatic rings. The van der Waals surface area contributed by atoms with Gasteiger partial charge in [-0.05, 0) is 57.6 Å². The van der Waals surface area contributed by atoms with Crippen LogP contribution in [-0.2, 0) is 0 Å². The highest BCUT2D eigenvalue weighted by Crippen LogP contribution is 2.56. The molecule has 0 spiro atoms. The minimum absolute atomic E-state index is 0.00509. The van der Waals surface area contributed by atoms with Gasteiger partial charge in [0, 0.05) is 45.2 Å². The second-order valence-electron chi connectivity index (χ2n) is 16.5. The van der Waals surface area contributed by atoms with Crippen LogP contribution in [0, 0.1) is 0 Å². The van der Waals surface area contributed by atoms with Crippen molar-refractivity contribution >= 4 is 11.0 Å². The summed E-state index contributed by atoms with van der Waals surface area (Å²) in [6, 6.07) is 71.2. The maximum atomic E-state index is 5.29. The highest BCUT2D eigenvalue weighted by Gasteiger charge is 2.41. The Balaban J connectivity index is 0.961. The fourth-order valence-corrected chi connectivity index (χ4v) is 9.75. The van der Waals surface area contributed by atoms with Crippen LogP contribution in [0.3, 0.4) is 0 Å². The summed E-state index contributed by atoms with van der Waals surface area (Å²) in [6.07, 6.45) is 0. The monoisotopic (exact) mass is 832 g/mol. The van der Waals surface area contributed by atoms with Crippen LogP contribution in [0.15, 0.2) is 206 Å². The van der Waals surface area contributed by atoms with E-state index in [9.17, 15) is 0 Å². The highest BCUT2D eigenvalue weighted by molar-refractivity contribution is 5.83. The Morgan fingerprint density at radius 1 is 0.277 bits per heavy atom. The maximum absolute atomic E-state index is 5.29. The number of nitrogens with zero attached hydrogens (tertiary/aromatic N) is 8. The number of rotatable bonds is 7. The lowest BCUT2D eigenvalue weighted by Gasteiger charge is -2.42. The summed E-state index contributed by atoms with van der Waals surface area (Å²) < 4.78 is 2.06. The van der Waals surface area contributed by atoms with Gasteiger partial charge in [-0.1, -0.05) is 182 Å². The first-order valence-electron chi connectivity index (χ1n) is 21.8. The molecular formula is C57H36N8. The normalized spacial score (nSPS) is 14.5. The molecular weight excluding hydrogens is 797 g/mol. The van der Waals surface area contributed by atoms with Gasteiger partial charge < -0.3 is 0 Å². The molecule has 8 heteroatoms. The number of hydrogen-bond acceptors (Lipinski definition) is 7. The van der Waals surface area contributed by atoms with Gasteiger partial charge in [0.2, 0.25) is 5.95 Å². The van der Waals surface area contributed by atoms with E-state index in [4.69, 9.17) is 34.9 Å². The maximum Gasteiger partial charge on any atom is 0.240 e. The summed E-state index contributed by atoms with van der Waals surface area (Å²) in [6.45, 7) is 0. The van der Waals surface area contributed by atoms with Crippen molar-refractivity contribution < 1.29 is 0 Å². The average Bonchev–Trinajstić information content (AvgIpc) is 3.79. The predicted molar refractivity (Wildman–Crippen MR) is 255 cm³/mol. The standard InChI is InChI=1S/C57H36N8/c1-5-17-35(18-6-1)51-59-52(36-19-7-2-8-20-36)61-54(60-51)39-29-31-43-45(33-39)49-41-25-13-14-26-42(41)50(43)46-34-40(30-32-44(46)49)55-62-53(37-21-9-3-10-22-37)63-57(64-55)65-48-28-16-15-27-47(48)58-56(65)38-23-11-4-12-24-38/h1-34,49-50H. The molecule has 3 heterocycles. The molecule has 8 nitrogen and oxygen atoms in total. The fourth-order valence-electron chi connectivity index (χ4n) is 9.75. The first kappa shape index (κ1) is 36.9. The molecule has 0 N–H and O–H groups in total. The Labute approximate surface area is 374 Å². The summed E-state index contributed by atoms with van der Waals surface area (Å²) in [7, 11) is 0. The van der Waals surface area contributed by atoms with Crippen molar-refractivity contribution in [1.82, 2.24) is 39.5 Å². The molecule has 2 bridgehead atoms. The van der Waals surface area contributed by atoms with Crippen molar-refractivity contribution in [3.8, 4) is 74.3 Å². The summed E-state index contributed by atoms with van der Waals surface area (Å²) in [5.41, 5.74) is 15.1. The van der Waals surface area contributed by atoms with E-state index in [1.165, 1.54) is 33.4 Å².